The van der Waals surface area contributed by atoms with Gasteiger partial charge in [0.25, 0.3) is 0 Å². The van der Waals surface area contributed by atoms with Crippen molar-refractivity contribution in [1.82, 2.24) is 0 Å². The summed E-state index contributed by atoms with van der Waals surface area (Å²) >= 11 is 3.23. The highest BCUT2D eigenvalue weighted by molar-refractivity contribution is 9.10. The van der Waals surface area contributed by atoms with Gasteiger partial charge in [0.1, 0.15) is 0 Å². The maximum Gasteiger partial charge on any atom is 0.374 e. The van der Waals surface area contributed by atoms with Crippen LogP contribution in [-0.4, -0.2) is 32.4 Å². The second-order valence-electron chi connectivity index (χ2n) is 8.57. The molecule has 0 aromatic rings. The molecule has 0 amide bonds. The molecule has 0 atom stereocenters. The van der Waals surface area contributed by atoms with Crippen LogP contribution < -0.4 is 0 Å². The molecule has 7 heteroatoms. The highest BCUT2D eigenvalue weighted by Crippen LogP contribution is 2.45. The first-order valence-corrected chi connectivity index (χ1v) is 13.8. The van der Waals surface area contributed by atoms with Crippen LogP contribution in [0, 0.1) is 0 Å². The van der Waals surface area contributed by atoms with Crippen LogP contribution in [0.1, 0.15) is 41.5 Å². The summed E-state index contributed by atoms with van der Waals surface area (Å²) in [6.45, 7) is 20.5. The minimum absolute atomic E-state index is 0.0989. The minimum Gasteiger partial charge on any atom is -0.477 e. The predicted molar refractivity (Wildman–Crippen MR) is 95.9 cm³/mol. The average Bonchev–Trinajstić information content (AvgIpc) is 2.10. The molecule has 0 saturated carbocycles. The molecule has 126 valence electrons. The SMILES string of the molecule is CC(C)(C)[Si](C)(C)OC(Br)(O[Si](C)(C)C(C)(C)C)C(=O)O. The zero-order valence-electron chi connectivity index (χ0n) is 15.0. The third kappa shape index (κ3) is 5.16. The lowest BCUT2D eigenvalue weighted by Crippen LogP contribution is -2.57. The molecule has 21 heavy (non-hydrogen) atoms. The van der Waals surface area contributed by atoms with Gasteiger partial charge in [-0.25, -0.2) is 4.79 Å². The third-order valence-electron chi connectivity index (χ3n) is 4.64. The Bertz CT molecular complexity index is 367. The Labute approximate surface area is 140 Å². The van der Waals surface area contributed by atoms with Gasteiger partial charge in [-0.3, -0.25) is 0 Å². The highest BCUT2D eigenvalue weighted by Gasteiger charge is 2.53. The van der Waals surface area contributed by atoms with E-state index in [1.165, 1.54) is 0 Å². The fraction of sp³-hybridized carbons (Fsp3) is 0.929. The number of rotatable bonds is 5. The summed E-state index contributed by atoms with van der Waals surface area (Å²) in [4.78, 5) is 11.8. The lowest BCUT2D eigenvalue weighted by atomic mass is 10.2. The molecule has 4 nitrogen and oxygen atoms in total. The van der Waals surface area contributed by atoms with Crippen LogP contribution in [0.25, 0.3) is 0 Å². The van der Waals surface area contributed by atoms with Crippen LogP contribution in [0.15, 0.2) is 0 Å². The van der Waals surface area contributed by atoms with E-state index in [0.29, 0.717) is 0 Å². The van der Waals surface area contributed by atoms with Crippen molar-refractivity contribution in [2.24, 2.45) is 0 Å². The van der Waals surface area contributed by atoms with Gasteiger partial charge in [-0.1, -0.05) is 41.5 Å². The first-order chi connectivity index (χ1) is 8.86. The van der Waals surface area contributed by atoms with Gasteiger partial charge in [-0.2, -0.15) is 0 Å². The third-order valence-corrected chi connectivity index (χ3v) is 14.7. The molecule has 0 aromatic heterocycles. The Morgan fingerprint density at radius 1 is 0.857 bits per heavy atom. The normalized spacial score (nSPS) is 15.2. The van der Waals surface area contributed by atoms with Crippen LogP contribution >= 0.6 is 15.9 Å². The monoisotopic (exact) mass is 398 g/mol. The molecule has 0 aromatic carbocycles. The predicted octanol–water partition coefficient (Wildman–Crippen LogP) is 5.16. The number of hydrogen-bond acceptors (Lipinski definition) is 3. The molecule has 0 heterocycles. The molecule has 0 rings (SSSR count). The van der Waals surface area contributed by atoms with Crippen molar-refractivity contribution in [3.63, 3.8) is 0 Å². The van der Waals surface area contributed by atoms with Crippen LogP contribution in [0.5, 0.6) is 0 Å². The first kappa shape index (κ1) is 21.3. The van der Waals surface area contributed by atoms with E-state index in [1.807, 2.05) is 26.2 Å². The Morgan fingerprint density at radius 3 is 1.24 bits per heavy atom. The number of carboxylic acid groups (broad SMARTS) is 1. The summed E-state index contributed by atoms with van der Waals surface area (Å²) in [5.74, 6) is -1.13. The number of aliphatic carboxylic acids is 1. The second kappa shape index (κ2) is 6.07. The summed E-state index contributed by atoms with van der Waals surface area (Å²) in [5.41, 5.74) is 0. The summed E-state index contributed by atoms with van der Waals surface area (Å²) in [6.07, 6.45) is 0. The largest absolute Gasteiger partial charge is 0.477 e. The zero-order chi connectivity index (χ0) is 17.5. The average molecular weight is 399 g/mol. The van der Waals surface area contributed by atoms with Crippen LogP contribution in [0.4, 0.5) is 0 Å². The smallest absolute Gasteiger partial charge is 0.374 e. The summed E-state index contributed by atoms with van der Waals surface area (Å²) in [6, 6.07) is 0. The van der Waals surface area contributed by atoms with Gasteiger partial charge in [0, 0.05) is 0 Å². The number of carbonyl (C=O) groups is 1. The van der Waals surface area contributed by atoms with E-state index in [4.69, 9.17) is 8.85 Å². The summed E-state index contributed by atoms with van der Waals surface area (Å²) in [7, 11) is -4.58. The van der Waals surface area contributed by atoms with Gasteiger partial charge in [-0.15, -0.1) is 0 Å². The first-order valence-electron chi connectivity index (χ1n) is 7.18. The van der Waals surface area contributed by atoms with Crippen molar-refractivity contribution in [2.75, 3.05) is 0 Å². The standard InChI is InChI=1S/C14H31BrO4Si2/c1-12(2,3)20(7,8)18-14(15,11(16)17)19-21(9,10)13(4,5)6/h1-10H3,(H,16,17). The van der Waals surface area contributed by atoms with Gasteiger partial charge >= 0.3 is 10.7 Å². The summed E-state index contributed by atoms with van der Waals surface area (Å²) < 4.78 is 10.3. The van der Waals surface area contributed by atoms with Crippen molar-refractivity contribution in [2.45, 2.75) is 82.5 Å². The molecule has 0 aliphatic heterocycles. The maximum atomic E-state index is 11.8. The number of alkyl halides is 1. The van der Waals surface area contributed by atoms with Crippen LogP contribution in [0.2, 0.25) is 36.3 Å². The number of hydrogen-bond donors (Lipinski definition) is 1. The Morgan fingerprint density at radius 2 is 1.10 bits per heavy atom. The van der Waals surface area contributed by atoms with E-state index in [2.05, 4.69) is 57.5 Å². The maximum absolute atomic E-state index is 11.8. The van der Waals surface area contributed by atoms with Gasteiger partial charge in [0.2, 0.25) is 0 Å². The molecular formula is C14H31BrO4Si2. The minimum atomic E-state index is -2.29. The topological polar surface area (TPSA) is 55.8 Å². The van der Waals surface area contributed by atoms with Gasteiger partial charge in [0.15, 0.2) is 16.6 Å². The van der Waals surface area contributed by atoms with Crippen molar-refractivity contribution in [3.05, 3.63) is 0 Å². The van der Waals surface area contributed by atoms with E-state index in [0.717, 1.165) is 0 Å². The lowest BCUT2D eigenvalue weighted by molar-refractivity contribution is -0.166. The zero-order valence-corrected chi connectivity index (χ0v) is 18.6. The summed E-state index contributed by atoms with van der Waals surface area (Å²) in [5, 5.41) is 9.44. The molecule has 0 bridgehead atoms. The van der Waals surface area contributed by atoms with E-state index in [1.54, 1.807) is 0 Å². The molecular weight excluding hydrogens is 368 g/mol. The van der Waals surface area contributed by atoms with E-state index < -0.39 is 27.3 Å². The molecule has 0 aliphatic rings. The fourth-order valence-corrected chi connectivity index (χ4v) is 5.77. The molecule has 0 spiro atoms. The molecule has 0 radical (unpaired) electrons. The molecule has 0 fully saturated rings. The van der Waals surface area contributed by atoms with Gasteiger partial charge in [-0.05, 0) is 52.2 Å². The van der Waals surface area contributed by atoms with E-state index >= 15 is 0 Å². The lowest BCUT2D eigenvalue weighted by Gasteiger charge is -2.46. The number of halogens is 1. The van der Waals surface area contributed by atoms with Crippen LogP contribution in [0.3, 0.4) is 0 Å². The fourth-order valence-electron chi connectivity index (χ4n) is 1.07. The van der Waals surface area contributed by atoms with Crippen LogP contribution in [-0.2, 0) is 13.6 Å². The van der Waals surface area contributed by atoms with Gasteiger partial charge < -0.3 is 14.0 Å². The van der Waals surface area contributed by atoms with Crippen molar-refractivity contribution in [1.29, 1.82) is 0 Å². The van der Waals surface area contributed by atoms with Gasteiger partial charge in [0.05, 0.1) is 0 Å². The highest BCUT2D eigenvalue weighted by atomic mass is 79.9. The molecule has 0 saturated heterocycles. The van der Waals surface area contributed by atoms with E-state index in [-0.39, 0.29) is 10.1 Å². The molecule has 0 aliphatic carbocycles. The Hall–Kier alpha value is 0.304. The Balaban J connectivity index is 5.55. The Kier molecular flexibility index (Phi) is 6.16. The molecule has 0 unspecified atom stereocenters. The molecule has 1 N–H and O–H groups in total. The van der Waals surface area contributed by atoms with Crippen molar-refractivity contribution >= 4 is 38.5 Å². The van der Waals surface area contributed by atoms with E-state index in [9.17, 15) is 9.90 Å². The van der Waals surface area contributed by atoms with Crippen molar-refractivity contribution in [3.8, 4) is 0 Å². The quantitative estimate of drug-likeness (QED) is 0.394. The number of carboxylic acids is 1. The van der Waals surface area contributed by atoms with Crippen molar-refractivity contribution < 1.29 is 18.8 Å². The second-order valence-corrected chi connectivity index (χ2v) is 19.1.